The molecule has 0 saturated carbocycles. The number of tetrazole rings is 1. The van der Waals surface area contributed by atoms with E-state index in [0.717, 1.165) is 5.56 Å². The van der Waals surface area contributed by atoms with E-state index >= 15 is 0 Å². The van der Waals surface area contributed by atoms with Crippen molar-refractivity contribution in [3.63, 3.8) is 0 Å². The maximum absolute atomic E-state index is 11.8. The summed E-state index contributed by atoms with van der Waals surface area (Å²) in [6.07, 6.45) is 0. The Labute approximate surface area is 123 Å². The van der Waals surface area contributed by atoms with Gasteiger partial charge in [-0.25, -0.2) is 0 Å². The smallest absolute Gasteiger partial charge is 0.316 e. The number of nitrogens with two attached hydrogens (primary N) is 1. The molecule has 0 aliphatic heterocycles. The predicted octanol–water partition coefficient (Wildman–Crippen LogP) is 1.25. The summed E-state index contributed by atoms with van der Waals surface area (Å²) < 4.78 is 5.30. The van der Waals surface area contributed by atoms with E-state index in [1.165, 1.54) is 4.80 Å². The van der Waals surface area contributed by atoms with E-state index in [2.05, 4.69) is 15.4 Å². The lowest BCUT2D eigenvalue weighted by Gasteiger charge is -2.16. The van der Waals surface area contributed by atoms with Crippen molar-refractivity contribution < 1.29 is 9.53 Å². The summed E-state index contributed by atoms with van der Waals surface area (Å²) >= 11 is 0. The Morgan fingerprint density at radius 1 is 1.29 bits per heavy atom. The molecule has 1 aromatic carbocycles. The first-order chi connectivity index (χ1) is 9.90. The average molecular weight is 289 g/mol. The highest BCUT2D eigenvalue weighted by molar-refractivity contribution is 5.78. The lowest BCUT2D eigenvalue weighted by molar-refractivity contribution is -0.142. The third-order valence-electron chi connectivity index (χ3n) is 2.72. The van der Waals surface area contributed by atoms with E-state index in [1.54, 1.807) is 24.3 Å². The van der Waals surface area contributed by atoms with Crippen molar-refractivity contribution in [2.45, 2.75) is 27.3 Å². The van der Waals surface area contributed by atoms with Crippen LogP contribution in [-0.4, -0.2) is 32.7 Å². The van der Waals surface area contributed by atoms with Gasteiger partial charge in [-0.1, -0.05) is 0 Å². The molecule has 0 radical (unpaired) electrons. The van der Waals surface area contributed by atoms with Crippen molar-refractivity contribution in [2.75, 3.05) is 6.54 Å². The van der Waals surface area contributed by atoms with Crippen LogP contribution in [0.2, 0.25) is 0 Å². The van der Waals surface area contributed by atoms with Crippen LogP contribution in [-0.2, 0) is 11.3 Å². The second-order valence-corrected chi connectivity index (χ2v) is 5.66. The average Bonchev–Trinajstić information content (AvgIpc) is 2.87. The zero-order chi connectivity index (χ0) is 15.5. The minimum atomic E-state index is -0.537. The summed E-state index contributed by atoms with van der Waals surface area (Å²) in [7, 11) is 0. The van der Waals surface area contributed by atoms with Gasteiger partial charge in [-0.05, 0) is 50.3 Å². The van der Waals surface area contributed by atoms with E-state index in [-0.39, 0.29) is 5.97 Å². The quantitative estimate of drug-likeness (QED) is 0.672. The monoisotopic (exact) mass is 289 g/mol. The largest absolute Gasteiger partial charge is 0.426 e. The Hall–Kier alpha value is -2.28. The first-order valence-electron chi connectivity index (χ1n) is 6.71. The minimum absolute atomic E-state index is 0.276. The fourth-order valence-corrected chi connectivity index (χ4v) is 1.50. The third-order valence-corrected chi connectivity index (χ3v) is 2.72. The van der Waals surface area contributed by atoms with Gasteiger partial charge in [0.2, 0.25) is 5.82 Å². The van der Waals surface area contributed by atoms with Crippen LogP contribution in [0.15, 0.2) is 24.3 Å². The van der Waals surface area contributed by atoms with E-state index in [0.29, 0.717) is 24.7 Å². The summed E-state index contributed by atoms with van der Waals surface area (Å²) in [5.41, 5.74) is 5.70. The number of carbonyl (C=O) groups excluding carboxylic acids is 1. The van der Waals surface area contributed by atoms with Crippen LogP contribution in [0.1, 0.15) is 20.8 Å². The zero-order valence-electron chi connectivity index (χ0n) is 12.4. The molecule has 2 aromatic rings. The molecule has 0 aliphatic carbocycles. The van der Waals surface area contributed by atoms with E-state index in [9.17, 15) is 4.79 Å². The molecule has 0 aliphatic rings. The van der Waals surface area contributed by atoms with Crippen molar-refractivity contribution in [1.82, 2.24) is 20.2 Å². The number of esters is 1. The van der Waals surface area contributed by atoms with Gasteiger partial charge in [-0.3, -0.25) is 4.79 Å². The summed E-state index contributed by atoms with van der Waals surface area (Å²) in [4.78, 5) is 13.2. The van der Waals surface area contributed by atoms with Crippen molar-refractivity contribution in [1.29, 1.82) is 0 Å². The lowest BCUT2D eigenvalue weighted by Crippen LogP contribution is -2.25. The van der Waals surface area contributed by atoms with E-state index < -0.39 is 5.41 Å². The summed E-state index contributed by atoms with van der Waals surface area (Å²) in [6, 6.07) is 7.00. The highest BCUT2D eigenvalue weighted by Crippen LogP contribution is 2.22. The second-order valence-electron chi connectivity index (χ2n) is 5.66. The summed E-state index contributed by atoms with van der Waals surface area (Å²) in [6.45, 7) is 6.40. The molecule has 0 fully saturated rings. The predicted molar refractivity (Wildman–Crippen MR) is 77.4 cm³/mol. The molecule has 2 N–H and O–H groups in total. The molecular weight excluding hydrogens is 270 g/mol. The van der Waals surface area contributed by atoms with Crippen molar-refractivity contribution in [3.05, 3.63) is 24.3 Å². The number of rotatable bonds is 4. The van der Waals surface area contributed by atoms with Crippen LogP contribution < -0.4 is 10.5 Å². The first kappa shape index (κ1) is 15.1. The molecule has 0 saturated heterocycles. The van der Waals surface area contributed by atoms with Crippen LogP contribution >= 0.6 is 0 Å². The molecule has 7 heteroatoms. The topological polar surface area (TPSA) is 95.9 Å². The fourth-order valence-electron chi connectivity index (χ4n) is 1.50. The van der Waals surface area contributed by atoms with Crippen LogP contribution in [0.5, 0.6) is 5.75 Å². The number of hydrogen-bond acceptors (Lipinski definition) is 6. The van der Waals surface area contributed by atoms with Gasteiger partial charge < -0.3 is 10.5 Å². The zero-order valence-corrected chi connectivity index (χ0v) is 12.4. The van der Waals surface area contributed by atoms with Crippen LogP contribution in [0.25, 0.3) is 11.4 Å². The second kappa shape index (κ2) is 6.01. The summed E-state index contributed by atoms with van der Waals surface area (Å²) in [5, 5.41) is 12.1. The Balaban J connectivity index is 2.09. The highest BCUT2D eigenvalue weighted by Gasteiger charge is 2.23. The molecule has 1 aromatic heterocycles. The lowest BCUT2D eigenvalue weighted by atomic mass is 9.97. The number of aromatic nitrogens is 4. The summed E-state index contributed by atoms with van der Waals surface area (Å²) in [5.74, 6) is 0.729. The van der Waals surface area contributed by atoms with Crippen LogP contribution in [0.3, 0.4) is 0 Å². The van der Waals surface area contributed by atoms with Gasteiger partial charge >= 0.3 is 5.97 Å². The van der Waals surface area contributed by atoms with Gasteiger partial charge in [0.15, 0.2) is 0 Å². The van der Waals surface area contributed by atoms with Crippen molar-refractivity contribution in [2.24, 2.45) is 11.1 Å². The third kappa shape index (κ3) is 3.85. The van der Waals surface area contributed by atoms with Gasteiger partial charge in [-0.15, -0.1) is 10.2 Å². The molecule has 2 rings (SSSR count). The van der Waals surface area contributed by atoms with Crippen LogP contribution in [0, 0.1) is 5.41 Å². The first-order valence-corrected chi connectivity index (χ1v) is 6.71. The van der Waals surface area contributed by atoms with Crippen molar-refractivity contribution in [3.8, 4) is 17.1 Å². The van der Waals surface area contributed by atoms with Gasteiger partial charge in [0, 0.05) is 12.1 Å². The van der Waals surface area contributed by atoms with Gasteiger partial charge in [0.25, 0.3) is 0 Å². The SMILES string of the molecule is CC(C)(C)C(=O)Oc1ccc(-c2nnn(CCN)n2)cc1. The van der Waals surface area contributed by atoms with Crippen LogP contribution in [0.4, 0.5) is 0 Å². The maximum atomic E-state index is 11.8. The molecule has 21 heavy (non-hydrogen) atoms. The number of carbonyl (C=O) groups is 1. The van der Waals surface area contributed by atoms with E-state index in [1.807, 2.05) is 20.8 Å². The molecule has 7 nitrogen and oxygen atoms in total. The van der Waals surface area contributed by atoms with E-state index in [4.69, 9.17) is 10.5 Å². The Kier molecular flexibility index (Phi) is 4.32. The molecule has 0 bridgehead atoms. The van der Waals surface area contributed by atoms with Crippen molar-refractivity contribution >= 4 is 5.97 Å². The maximum Gasteiger partial charge on any atom is 0.316 e. The molecule has 0 unspecified atom stereocenters. The Morgan fingerprint density at radius 3 is 2.52 bits per heavy atom. The molecule has 0 amide bonds. The number of hydrogen-bond donors (Lipinski definition) is 1. The minimum Gasteiger partial charge on any atom is -0.426 e. The molecular formula is C14H19N5O2. The standard InChI is InChI=1S/C14H19N5O2/c1-14(2,3)13(20)21-11-6-4-10(5-7-11)12-16-18-19(17-12)9-8-15/h4-7H,8-9,15H2,1-3H3. The number of ether oxygens (including phenoxy) is 1. The van der Waals surface area contributed by atoms with Gasteiger partial charge in [0.05, 0.1) is 12.0 Å². The fraction of sp³-hybridized carbons (Fsp3) is 0.429. The van der Waals surface area contributed by atoms with Gasteiger partial charge in [-0.2, -0.15) is 4.80 Å². The molecule has 0 atom stereocenters. The molecule has 1 heterocycles. The highest BCUT2D eigenvalue weighted by atomic mass is 16.5. The molecule has 112 valence electrons. The Bertz CT molecular complexity index is 613. The Morgan fingerprint density at radius 2 is 1.95 bits per heavy atom. The van der Waals surface area contributed by atoms with Gasteiger partial charge in [0.1, 0.15) is 5.75 Å². The molecule has 0 spiro atoms. The normalized spacial score (nSPS) is 11.4. The number of nitrogens with zero attached hydrogens (tertiary/aromatic N) is 4. The number of benzene rings is 1.